The molecule has 8 nitrogen and oxygen atoms in total. The third kappa shape index (κ3) is 6.03. The standard InChI is InChI=1S/C29H38ClN7O/c1-20-19-36(27(38)12-7-13-35(2)3)14-15-37(20)22-9-6-8-21(16-22)33-29-32-18-25(30)28(34-29)24-17-31-26-11-5-4-10-23(24)26/h4-5,7,10-12,17-18,20-22,31H,6,8-9,13-16,19H2,1-3H3,(H,32,33,34)/b12-7+/t20-,21-,22+/m1/s1. The van der Waals surface area contributed by atoms with Gasteiger partial charge < -0.3 is 20.1 Å². The smallest absolute Gasteiger partial charge is 0.246 e. The van der Waals surface area contributed by atoms with Gasteiger partial charge in [0, 0.05) is 73.0 Å². The quantitative estimate of drug-likeness (QED) is 0.429. The summed E-state index contributed by atoms with van der Waals surface area (Å²) in [5.41, 5.74) is 2.78. The van der Waals surface area contributed by atoms with E-state index in [0.29, 0.717) is 29.1 Å². The second-order valence-corrected chi connectivity index (χ2v) is 11.2. The van der Waals surface area contributed by atoms with Gasteiger partial charge in [-0.1, -0.05) is 35.9 Å². The minimum absolute atomic E-state index is 0.118. The van der Waals surface area contributed by atoms with Crippen molar-refractivity contribution < 1.29 is 4.79 Å². The number of amides is 1. The molecule has 2 aromatic heterocycles. The molecule has 9 heteroatoms. The molecule has 1 amide bonds. The zero-order valence-electron chi connectivity index (χ0n) is 22.5. The second kappa shape index (κ2) is 11.8. The first kappa shape index (κ1) is 26.7. The first-order valence-corrected chi connectivity index (χ1v) is 14.0. The number of benzene rings is 1. The van der Waals surface area contributed by atoms with Crippen molar-refractivity contribution in [1.29, 1.82) is 0 Å². The van der Waals surface area contributed by atoms with Crippen LogP contribution in [-0.2, 0) is 4.79 Å². The summed E-state index contributed by atoms with van der Waals surface area (Å²) in [7, 11) is 4.01. The Labute approximate surface area is 230 Å². The van der Waals surface area contributed by atoms with E-state index in [1.165, 1.54) is 6.42 Å². The van der Waals surface area contributed by atoms with Crippen molar-refractivity contribution in [2.75, 3.05) is 45.6 Å². The van der Waals surface area contributed by atoms with Gasteiger partial charge in [-0.2, -0.15) is 0 Å². The van der Waals surface area contributed by atoms with Crippen LogP contribution in [0.3, 0.4) is 0 Å². The van der Waals surface area contributed by atoms with Crippen molar-refractivity contribution in [3.8, 4) is 11.3 Å². The van der Waals surface area contributed by atoms with Gasteiger partial charge in [-0.15, -0.1) is 0 Å². The number of nitrogens with zero attached hydrogens (tertiary/aromatic N) is 5. The first-order chi connectivity index (χ1) is 18.4. The third-order valence-corrected chi connectivity index (χ3v) is 8.04. The third-order valence-electron chi connectivity index (χ3n) is 7.76. The first-order valence-electron chi connectivity index (χ1n) is 13.6. The maximum Gasteiger partial charge on any atom is 0.246 e. The van der Waals surface area contributed by atoms with Crippen molar-refractivity contribution in [1.82, 2.24) is 29.7 Å². The van der Waals surface area contributed by atoms with Gasteiger partial charge in [0.25, 0.3) is 0 Å². The second-order valence-electron chi connectivity index (χ2n) is 10.8. The molecule has 1 saturated carbocycles. The molecular weight excluding hydrogens is 498 g/mol. The van der Waals surface area contributed by atoms with Crippen molar-refractivity contribution in [2.24, 2.45) is 0 Å². The number of para-hydroxylation sites is 1. The van der Waals surface area contributed by atoms with Crippen molar-refractivity contribution in [2.45, 2.75) is 50.7 Å². The highest BCUT2D eigenvalue weighted by Crippen LogP contribution is 2.33. The number of halogens is 1. The number of likely N-dealkylation sites (N-methyl/N-ethyl adjacent to an activating group) is 1. The van der Waals surface area contributed by atoms with E-state index in [4.69, 9.17) is 16.6 Å². The number of rotatable bonds is 7. The van der Waals surface area contributed by atoms with Gasteiger partial charge in [0.15, 0.2) is 0 Å². The van der Waals surface area contributed by atoms with E-state index in [0.717, 1.165) is 67.6 Å². The van der Waals surface area contributed by atoms with Crippen molar-refractivity contribution in [3.63, 3.8) is 0 Å². The molecule has 1 aliphatic carbocycles. The molecule has 1 aromatic carbocycles. The van der Waals surface area contributed by atoms with Crippen LogP contribution in [-0.4, -0.2) is 94.0 Å². The van der Waals surface area contributed by atoms with Crippen LogP contribution in [0.2, 0.25) is 5.02 Å². The molecular formula is C29H38ClN7O. The molecule has 0 unspecified atom stereocenters. The van der Waals surface area contributed by atoms with E-state index in [1.807, 2.05) is 49.5 Å². The topological polar surface area (TPSA) is 80.4 Å². The van der Waals surface area contributed by atoms with Crippen LogP contribution >= 0.6 is 11.6 Å². The van der Waals surface area contributed by atoms with Crippen LogP contribution in [0.4, 0.5) is 5.95 Å². The monoisotopic (exact) mass is 535 g/mol. The number of carbonyl (C=O) groups excluding carboxylic acids is 1. The van der Waals surface area contributed by atoms with E-state index >= 15 is 0 Å². The summed E-state index contributed by atoms with van der Waals surface area (Å²) in [4.78, 5) is 31.9. The lowest BCUT2D eigenvalue weighted by atomic mass is 9.88. The number of hydrogen-bond acceptors (Lipinski definition) is 6. The zero-order valence-corrected chi connectivity index (χ0v) is 23.3. The number of fused-ring (bicyclic) bond motifs is 1. The minimum Gasteiger partial charge on any atom is -0.360 e. The van der Waals surface area contributed by atoms with Gasteiger partial charge in [-0.3, -0.25) is 9.69 Å². The lowest BCUT2D eigenvalue weighted by molar-refractivity contribution is -0.129. The average molecular weight is 536 g/mol. The lowest BCUT2D eigenvalue weighted by Crippen LogP contribution is -2.57. The highest BCUT2D eigenvalue weighted by atomic mass is 35.5. The largest absolute Gasteiger partial charge is 0.360 e. The summed E-state index contributed by atoms with van der Waals surface area (Å²) >= 11 is 6.54. The molecule has 0 radical (unpaired) electrons. The van der Waals surface area contributed by atoms with Crippen LogP contribution in [0.1, 0.15) is 32.6 Å². The number of carbonyl (C=O) groups is 1. The number of hydrogen-bond donors (Lipinski definition) is 2. The van der Waals surface area contributed by atoms with Gasteiger partial charge in [0.2, 0.25) is 11.9 Å². The van der Waals surface area contributed by atoms with Crippen LogP contribution in [0.15, 0.2) is 48.8 Å². The van der Waals surface area contributed by atoms with Gasteiger partial charge >= 0.3 is 0 Å². The summed E-state index contributed by atoms with van der Waals surface area (Å²) in [6.07, 6.45) is 11.8. The van der Waals surface area contributed by atoms with Gasteiger partial charge in [-0.05, 0) is 52.8 Å². The summed E-state index contributed by atoms with van der Waals surface area (Å²) in [5, 5.41) is 5.24. The number of aromatic amines is 1. The molecule has 202 valence electrons. The highest BCUT2D eigenvalue weighted by molar-refractivity contribution is 6.33. The Morgan fingerprint density at radius 3 is 2.92 bits per heavy atom. The van der Waals surface area contributed by atoms with Crippen LogP contribution < -0.4 is 5.32 Å². The molecule has 0 spiro atoms. The maximum absolute atomic E-state index is 12.6. The molecule has 2 aliphatic rings. The van der Waals surface area contributed by atoms with E-state index < -0.39 is 0 Å². The number of nitrogens with one attached hydrogen (secondary N) is 2. The zero-order chi connectivity index (χ0) is 26.6. The molecule has 3 atom stereocenters. The number of H-pyrrole nitrogens is 1. The molecule has 5 rings (SSSR count). The Bertz CT molecular complexity index is 1290. The Balaban J connectivity index is 1.21. The molecule has 2 N–H and O–H groups in total. The van der Waals surface area contributed by atoms with E-state index in [-0.39, 0.29) is 5.91 Å². The van der Waals surface area contributed by atoms with E-state index in [9.17, 15) is 4.79 Å². The fraction of sp³-hybridized carbons (Fsp3) is 0.483. The van der Waals surface area contributed by atoms with Gasteiger partial charge in [-0.25, -0.2) is 9.97 Å². The number of aromatic nitrogens is 3. The van der Waals surface area contributed by atoms with Gasteiger partial charge in [0.05, 0.1) is 16.9 Å². The summed E-state index contributed by atoms with van der Waals surface area (Å²) in [6, 6.07) is 9.28. The summed E-state index contributed by atoms with van der Waals surface area (Å²) in [5.74, 6) is 0.737. The van der Waals surface area contributed by atoms with E-state index in [1.54, 1.807) is 12.3 Å². The predicted molar refractivity (Wildman–Crippen MR) is 154 cm³/mol. The molecule has 3 aromatic rings. The Hall–Kier alpha value is -2.94. The highest BCUT2D eigenvalue weighted by Gasteiger charge is 2.34. The van der Waals surface area contributed by atoms with Crippen LogP contribution in [0, 0.1) is 0 Å². The number of piperazine rings is 1. The molecule has 1 aliphatic heterocycles. The fourth-order valence-electron chi connectivity index (χ4n) is 5.86. The minimum atomic E-state index is 0.118. The normalized spacial score (nSPS) is 23.0. The SMILES string of the molecule is C[C@@H]1CN(C(=O)/C=C/CN(C)C)CCN1[C@H]1CCC[C@@H](Nc2ncc(Cl)c(-c3c[nH]c4ccccc34)n2)C1. The molecule has 1 saturated heterocycles. The average Bonchev–Trinajstić information content (AvgIpc) is 3.33. The molecule has 38 heavy (non-hydrogen) atoms. The van der Waals surface area contributed by atoms with Crippen LogP contribution in [0.5, 0.6) is 0 Å². The Morgan fingerprint density at radius 2 is 2.11 bits per heavy atom. The molecule has 2 fully saturated rings. The molecule has 0 bridgehead atoms. The lowest BCUT2D eigenvalue weighted by Gasteiger charge is -2.46. The van der Waals surface area contributed by atoms with Crippen molar-refractivity contribution in [3.05, 3.63) is 53.8 Å². The summed E-state index contributed by atoms with van der Waals surface area (Å²) in [6.45, 7) is 5.48. The maximum atomic E-state index is 12.6. The Morgan fingerprint density at radius 1 is 1.26 bits per heavy atom. The van der Waals surface area contributed by atoms with Crippen molar-refractivity contribution >= 4 is 34.4 Å². The molecule has 3 heterocycles. The van der Waals surface area contributed by atoms with Crippen LogP contribution in [0.25, 0.3) is 22.2 Å². The van der Waals surface area contributed by atoms with Gasteiger partial charge in [0.1, 0.15) is 0 Å². The summed E-state index contributed by atoms with van der Waals surface area (Å²) < 4.78 is 0. The predicted octanol–water partition coefficient (Wildman–Crippen LogP) is 4.65. The fourth-order valence-corrected chi connectivity index (χ4v) is 6.05. The van der Waals surface area contributed by atoms with E-state index in [2.05, 4.69) is 38.1 Å². The Kier molecular flexibility index (Phi) is 8.31. The number of anilines is 1.